The Hall–Kier alpha value is -5.12. The van der Waals surface area contributed by atoms with E-state index in [-0.39, 0.29) is 17.9 Å². The Morgan fingerprint density at radius 3 is 2.29 bits per heavy atom. The van der Waals surface area contributed by atoms with Gasteiger partial charge in [-0.05, 0) is 35.9 Å². The second-order valence-electron chi connectivity index (χ2n) is 8.19. The van der Waals surface area contributed by atoms with E-state index >= 15 is 0 Å². The Morgan fingerprint density at radius 2 is 1.58 bits per heavy atom. The number of methoxy groups -OCH3 is 2. The SMILES string of the molecule is COc1cc(NC(=O)c2cnc3ccccc3c2)c(C(=O)Nc2ccc(CCOC(N)=O)cc2)cc1OC. The monoisotopic (exact) mass is 514 g/mol. The van der Waals surface area contributed by atoms with Gasteiger partial charge < -0.3 is 30.6 Å². The van der Waals surface area contributed by atoms with E-state index in [1.807, 2.05) is 24.3 Å². The van der Waals surface area contributed by atoms with Crippen LogP contribution in [0.2, 0.25) is 0 Å². The fourth-order valence-electron chi connectivity index (χ4n) is 3.78. The largest absolute Gasteiger partial charge is 0.493 e. The minimum atomic E-state index is -0.830. The van der Waals surface area contributed by atoms with Gasteiger partial charge in [-0.1, -0.05) is 30.3 Å². The average molecular weight is 515 g/mol. The van der Waals surface area contributed by atoms with E-state index in [1.54, 1.807) is 30.3 Å². The van der Waals surface area contributed by atoms with Gasteiger partial charge in [-0.25, -0.2) is 4.79 Å². The van der Waals surface area contributed by atoms with Gasteiger partial charge in [0.05, 0.1) is 43.2 Å². The van der Waals surface area contributed by atoms with Gasteiger partial charge in [0.2, 0.25) is 0 Å². The summed E-state index contributed by atoms with van der Waals surface area (Å²) in [4.78, 5) is 41.5. The number of aromatic nitrogens is 1. The van der Waals surface area contributed by atoms with Crippen LogP contribution >= 0.6 is 0 Å². The van der Waals surface area contributed by atoms with Gasteiger partial charge in [0.1, 0.15) is 0 Å². The van der Waals surface area contributed by atoms with E-state index in [2.05, 4.69) is 15.6 Å². The number of pyridine rings is 1. The first kappa shape index (κ1) is 26.0. The molecule has 38 heavy (non-hydrogen) atoms. The summed E-state index contributed by atoms with van der Waals surface area (Å²) in [5.74, 6) is -0.235. The number of para-hydroxylation sites is 1. The molecule has 0 unspecified atom stereocenters. The van der Waals surface area contributed by atoms with Crippen molar-refractivity contribution in [2.45, 2.75) is 6.42 Å². The van der Waals surface area contributed by atoms with E-state index in [0.29, 0.717) is 29.2 Å². The van der Waals surface area contributed by atoms with Crippen LogP contribution in [0.3, 0.4) is 0 Å². The molecule has 0 saturated carbocycles. The summed E-state index contributed by atoms with van der Waals surface area (Å²) in [5, 5.41) is 6.44. The van der Waals surface area contributed by atoms with E-state index in [9.17, 15) is 14.4 Å². The number of nitrogens with one attached hydrogen (secondary N) is 2. The van der Waals surface area contributed by atoms with Crippen molar-refractivity contribution in [1.82, 2.24) is 4.98 Å². The third-order valence-electron chi connectivity index (χ3n) is 5.72. The highest BCUT2D eigenvalue weighted by Gasteiger charge is 2.20. The molecule has 3 aromatic carbocycles. The molecule has 0 fully saturated rings. The summed E-state index contributed by atoms with van der Waals surface area (Å²) in [7, 11) is 2.92. The lowest BCUT2D eigenvalue weighted by Gasteiger charge is -2.16. The van der Waals surface area contributed by atoms with Crippen LogP contribution in [0.4, 0.5) is 16.2 Å². The highest BCUT2D eigenvalue weighted by atomic mass is 16.5. The Bertz CT molecular complexity index is 1490. The highest BCUT2D eigenvalue weighted by Crippen LogP contribution is 2.34. The van der Waals surface area contributed by atoms with Crippen molar-refractivity contribution >= 4 is 40.2 Å². The lowest BCUT2D eigenvalue weighted by Crippen LogP contribution is -2.19. The summed E-state index contributed by atoms with van der Waals surface area (Å²) < 4.78 is 15.5. The van der Waals surface area contributed by atoms with Gasteiger partial charge >= 0.3 is 6.09 Å². The second kappa shape index (κ2) is 11.7. The van der Waals surface area contributed by atoms with E-state index < -0.39 is 17.9 Å². The van der Waals surface area contributed by atoms with Gasteiger partial charge in [0.25, 0.3) is 11.8 Å². The summed E-state index contributed by atoms with van der Waals surface area (Å²) in [6.07, 6.45) is 1.13. The zero-order valence-corrected chi connectivity index (χ0v) is 20.8. The molecule has 10 heteroatoms. The molecule has 0 aliphatic heterocycles. The van der Waals surface area contributed by atoms with Gasteiger partial charge in [-0.15, -0.1) is 0 Å². The van der Waals surface area contributed by atoms with Gasteiger partial charge in [-0.3, -0.25) is 14.6 Å². The van der Waals surface area contributed by atoms with E-state index in [1.165, 1.54) is 32.5 Å². The maximum Gasteiger partial charge on any atom is 0.404 e. The molecule has 1 aromatic heterocycles. The van der Waals surface area contributed by atoms with Crippen molar-refractivity contribution in [3.63, 3.8) is 0 Å². The van der Waals surface area contributed by atoms with Crippen molar-refractivity contribution in [3.05, 3.63) is 89.6 Å². The number of carbonyl (C=O) groups excluding carboxylic acids is 3. The number of nitrogens with zero attached hydrogens (tertiary/aromatic N) is 1. The third-order valence-corrected chi connectivity index (χ3v) is 5.72. The first-order valence-corrected chi connectivity index (χ1v) is 11.6. The maximum atomic E-state index is 13.3. The molecule has 0 spiro atoms. The van der Waals surface area contributed by atoms with Crippen LogP contribution in [0.5, 0.6) is 11.5 Å². The number of benzene rings is 3. The van der Waals surface area contributed by atoms with Crippen molar-refractivity contribution in [3.8, 4) is 11.5 Å². The zero-order valence-electron chi connectivity index (χ0n) is 20.8. The first-order chi connectivity index (χ1) is 18.4. The number of nitrogens with two attached hydrogens (primary N) is 1. The van der Waals surface area contributed by atoms with Crippen molar-refractivity contribution in [1.29, 1.82) is 0 Å². The summed E-state index contributed by atoms with van der Waals surface area (Å²) in [6.45, 7) is 0.155. The number of fused-ring (bicyclic) bond motifs is 1. The second-order valence-corrected chi connectivity index (χ2v) is 8.19. The normalized spacial score (nSPS) is 10.5. The third kappa shape index (κ3) is 6.16. The first-order valence-electron chi connectivity index (χ1n) is 11.6. The number of carbonyl (C=O) groups is 3. The molecule has 3 amide bonds. The predicted molar refractivity (Wildman–Crippen MR) is 143 cm³/mol. The maximum absolute atomic E-state index is 13.3. The topological polar surface area (TPSA) is 142 Å². The van der Waals surface area contributed by atoms with Crippen LogP contribution in [-0.2, 0) is 11.2 Å². The highest BCUT2D eigenvalue weighted by molar-refractivity contribution is 6.13. The lowest BCUT2D eigenvalue weighted by molar-refractivity contribution is 0.102. The zero-order chi connectivity index (χ0) is 27.1. The number of primary amides is 1. The summed E-state index contributed by atoms with van der Waals surface area (Å²) in [6, 6.07) is 19.2. The predicted octanol–water partition coefficient (Wildman–Crippen LogP) is 4.39. The minimum Gasteiger partial charge on any atom is -0.493 e. The van der Waals surface area contributed by atoms with Crippen molar-refractivity contribution < 1.29 is 28.6 Å². The average Bonchev–Trinajstić information content (AvgIpc) is 2.93. The minimum absolute atomic E-state index is 0.155. The quantitative estimate of drug-likeness (QED) is 0.301. The number of ether oxygens (including phenoxy) is 3. The van der Waals surface area contributed by atoms with Crippen LogP contribution in [0.25, 0.3) is 10.9 Å². The van der Waals surface area contributed by atoms with E-state index in [4.69, 9.17) is 19.9 Å². The number of rotatable bonds is 9. The van der Waals surface area contributed by atoms with Crippen LogP contribution in [0.1, 0.15) is 26.3 Å². The van der Waals surface area contributed by atoms with Gasteiger partial charge in [-0.2, -0.15) is 0 Å². The Balaban J connectivity index is 1.57. The van der Waals surface area contributed by atoms with Crippen molar-refractivity contribution in [2.24, 2.45) is 5.73 Å². The summed E-state index contributed by atoms with van der Waals surface area (Å²) >= 11 is 0. The van der Waals surface area contributed by atoms with Crippen LogP contribution < -0.4 is 25.8 Å². The Labute approximate surface area is 218 Å². The molecular weight excluding hydrogens is 488 g/mol. The number of amides is 3. The lowest BCUT2D eigenvalue weighted by atomic mass is 10.1. The fourth-order valence-corrected chi connectivity index (χ4v) is 3.78. The van der Waals surface area contributed by atoms with Crippen LogP contribution in [0.15, 0.2) is 72.9 Å². The molecule has 194 valence electrons. The van der Waals surface area contributed by atoms with Gasteiger partial charge in [0, 0.05) is 29.8 Å². The molecule has 0 saturated heterocycles. The Morgan fingerprint density at radius 1 is 0.868 bits per heavy atom. The fraction of sp³-hybridized carbons (Fsp3) is 0.143. The van der Waals surface area contributed by atoms with Gasteiger partial charge in [0.15, 0.2) is 11.5 Å². The standard InChI is InChI=1S/C28H26N4O6/c1-36-24-14-21(27(34)31-20-9-7-17(8-10-20)11-12-38-28(29)35)23(15-25(24)37-2)32-26(33)19-13-18-5-3-4-6-22(18)30-16-19/h3-10,13-16H,11-12H2,1-2H3,(H2,29,35)(H,31,34)(H,32,33). The molecule has 4 aromatic rings. The molecular formula is C28H26N4O6. The molecule has 0 atom stereocenters. The van der Waals surface area contributed by atoms with Crippen LogP contribution in [-0.4, -0.2) is 43.7 Å². The van der Waals surface area contributed by atoms with E-state index in [0.717, 1.165) is 16.5 Å². The molecule has 0 aliphatic rings. The molecule has 0 radical (unpaired) electrons. The number of hydrogen-bond donors (Lipinski definition) is 3. The molecule has 4 rings (SSSR count). The van der Waals surface area contributed by atoms with Crippen molar-refractivity contribution in [2.75, 3.05) is 31.5 Å². The smallest absolute Gasteiger partial charge is 0.404 e. The molecule has 4 N–H and O–H groups in total. The van der Waals surface area contributed by atoms with Crippen LogP contribution in [0, 0.1) is 0 Å². The Kier molecular flexibility index (Phi) is 8.02. The summed E-state index contributed by atoms with van der Waals surface area (Å²) in [5.41, 5.74) is 7.90. The molecule has 0 aliphatic carbocycles. The molecule has 1 heterocycles. The number of anilines is 2. The molecule has 10 nitrogen and oxygen atoms in total. The molecule has 0 bridgehead atoms. The number of hydrogen-bond acceptors (Lipinski definition) is 7.